The number of aryl methyl sites for hydroxylation is 1. The van der Waals surface area contributed by atoms with Gasteiger partial charge in [0.1, 0.15) is 11.2 Å². The normalized spacial score (nSPS) is 29.9. The summed E-state index contributed by atoms with van der Waals surface area (Å²) in [6, 6.07) is 13.4. The lowest BCUT2D eigenvalue weighted by Gasteiger charge is -2.44. The van der Waals surface area contributed by atoms with E-state index < -0.39 is 29.6 Å². The van der Waals surface area contributed by atoms with Crippen LogP contribution in [0.5, 0.6) is 11.5 Å². The molecule has 1 spiro atoms. The van der Waals surface area contributed by atoms with Gasteiger partial charge in [-0.1, -0.05) is 60.4 Å². The van der Waals surface area contributed by atoms with Gasteiger partial charge in [-0.3, -0.25) is 9.59 Å². The van der Waals surface area contributed by atoms with Crippen molar-refractivity contribution in [2.24, 2.45) is 40.7 Å². The van der Waals surface area contributed by atoms with Crippen LogP contribution in [0.1, 0.15) is 99.7 Å². The van der Waals surface area contributed by atoms with Gasteiger partial charge in [-0.05, 0) is 135 Å². The fourth-order valence-corrected chi connectivity index (χ4v) is 10.9. The van der Waals surface area contributed by atoms with Crippen molar-refractivity contribution in [1.82, 2.24) is 10.6 Å². The zero-order valence-electron chi connectivity index (χ0n) is 35.5. The van der Waals surface area contributed by atoms with Gasteiger partial charge in [0.25, 0.3) is 0 Å². The number of benzene rings is 2. The van der Waals surface area contributed by atoms with Crippen LogP contribution >= 0.6 is 0 Å². The van der Waals surface area contributed by atoms with Gasteiger partial charge < -0.3 is 46.6 Å². The van der Waals surface area contributed by atoms with Crippen LogP contribution in [0, 0.1) is 46.8 Å². The summed E-state index contributed by atoms with van der Waals surface area (Å²) in [5.74, 6) is 7.87. The first-order chi connectivity index (χ1) is 29.5. The molecule has 3 fully saturated rings. The number of Topliss-reactive ketones (excluding diaryl/α,β-unsaturated/α-hetero) is 2. The number of carbonyl (C=O) groups is 2. The van der Waals surface area contributed by atoms with Crippen LogP contribution in [0.15, 0.2) is 72.1 Å². The van der Waals surface area contributed by atoms with Gasteiger partial charge in [0, 0.05) is 50.3 Å². The molecule has 5 aliphatic rings. The fraction of sp³-hybridized carbons (Fsp3) is 0.560. The van der Waals surface area contributed by atoms with Crippen LogP contribution in [0.25, 0.3) is 6.08 Å². The van der Waals surface area contributed by atoms with E-state index in [4.69, 9.17) is 10.5 Å². The smallest absolute Gasteiger partial charge is 0.160 e. The number of hydrogen-bond acceptors (Lipinski definition) is 11. The summed E-state index contributed by atoms with van der Waals surface area (Å²) in [4.78, 5) is 26.4. The minimum atomic E-state index is -1.30. The largest absolute Gasteiger partial charge is 0.504 e. The third-order valence-corrected chi connectivity index (χ3v) is 14.5. The van der Waals surface area contributed by atoms with E-state index in [1.807, 2.05) is 54.6 Å². The number of aromatic hydroxyl groups is 1. The Labute approximate surface area is 360 Å². The Morgan fingerprint density at radius 1 is 1.05 bits per heavy atom. The number of dihydropyridines is 1. The maximum atomic E-state index is 14.3. The molecule has 11 atom stereocenters. The van der Waals surface area contributed by atoms with Gasteiger partial charge in [0.15, 0.2) is 17.3 Å². The Hall–Kier alpha value is -4.44. The molecule has 2 saturated carbocycles. The molecular weight excluding hydrogens is 771 g/mol. The molecule has 11 heteroatoms. The van der Waals surface area contributed by atoms with Crippen LogP contribution < -0.4 is 21.1 Å². The average molecular weight is 836 g/mol. The molecule has 0 amide bonds. The Kier molecular flexibility index (Phi) is 14.7. The van der Waals surface area contributed by atoms with Crippen molar-refractivity contribution in [3.05, 3.63) is 88.8 Å². The zero-order valence-corrected chi connectivity index (χ0v) is 35.5. The predicted octanol–water partition coefficient (Wildman–Crippen LogP) is 5.05. The minimum Gasteiger partial charge on any atom is -0.504 e. The number of fused-ring (bicyclic) bond motifs is 2. The average Bonchev–Trinajstić information content (AvgIpc) is 3.30. The van der Waals surface area contributed by atoms with E-state index in [0.717, 1.165) is 42.5 Å². The number of phenolic OH excluding ortho intramolecular Hbond substituents is 1. The van der Waals surface area contributed by atoms with Gasteiger partial charge >= 0.3 is 0 Å². The number of allylic oxidation sites excluding steroid dienone is 3. The Morgan fingerprint density at radius 2 is 1.87 bits per heavy atom. The Balaban J connectivity index is 1.10. The molecule has 9 N–H and O–H groups in total. The van der Waals surface area contributed by atoms with Crippen LogP contribution in [0.4, 0.5) is 0 Å². The summed E-state index contributed by atoms with van der Waals surface area (Å²) in [6.07, 6.45) is 11.4. The van der Waals surface area contributed by atoms with Gasteiger partial charge in [-0.25, -0.2) is 0 Å². The predicted molar refractivity (Wildman–Crippen MR) is 235 cm³/mol. The van der Waals surface area contributed by atoms with E-state index in [1.165, 1.54) is 7.11 Å². The highest BCUT2D eigenvalue weighted by Gasteiger charge is 2.48. The quantitative estimate of drug-likeness (QED) is 0.119. The van der Waals surface area contributed by atoms with E-state index in [9.17, 15) is 35.1 Å². The second kappa shape index (κ2) is 20.2. The van der Waals surface area contributed by atoms with Gasteiger partial charge in [0.05, 0.1) is 31.2 Å². The van der Waals surface area contributed by atoms with Crippen molar-refractivity contribution < 1.29 is 39.9 Å². The first kappa shape index (κ1) is 44.6. The number of methoxy groups -OCH3 is 1. The number of nitrogens with one attached hydrogen (secondary N) is 2. The van der Waals surface area contributed by atoms with Crippen LogP contribution in [-0.2, 0) is 16.0 Å². The molecule has 11 unspecified atom stereocenters. The van der Waals surface area contributed by atoms with Gasteiger partial charge in [-0.15, -0.1) is 0 Å². The lowest BCUT2D eigenvalue weighted by atomic mass is 9.63. The molecule has 3 aliphatic carbocycles. The number of aliphatic hydroxyl groups is 4. The summed E-state index contributed by atoms with van der Waals surface area (Å²) in [5, 5.41) is 63.3. The van der Waals surface area contributed by atoms with Crippen molar-refractivity contribution in [3.63, 3.8) is 0 Å². The number of ketones is 2. The van der Waals surface area contributed by atoms with Crippen LogP contribution in [-0.4, -0.2) is 88.3 Å². The number of carbonyl (C=O) groups excluding carboxylic acids is 2. The van der Waals surface area contributed by atoms with E-state index >= 15 is 0 Å². The molecule has 0 aromatic heterocycles. The van der Waals surface area contributed by atoms with Gasteiger partial charge in [0.2, 0.25) is 0 Å². The first-order valence-corrected chi connectivity index (χ1v) is 22.5. The van der Waals surface area contributed by atoms with Crippen molar-refractivity contribution >= 4 is 17.6 Å². The van der Waals surface area contributed by atoms with Crippen molar-refractivity contribution in [2.75, 3.05) is 26.8 Å². The lowest BCUT2D eigenvalue weighted by Crippen LogP contribution is -2.50. The molecule has 0 bridgehead atoms. The van der Waals surface area contributed by atoms with E-state index in [-0.39, 0.29) is 66.9 Å². The SMILES string of the molecule is COc1cc2c(cc1O)C(CC(O)C(O)CC(C=Cc1ccccc1)C1=CCNC(N)=C1)C#CC1(CCC(CC(CCO)C3CNC4CC(=O)CCC4C3)CC1O)C(=O)CC2. The van der Waals surface area contributed by atoms with Crippen molar-refractivity contribution in [3.8, 4) is 23.3 Å². The molecular formula is C50H65N3O8. The third-order valence-electron chi connectivity index (χ3n) is 14.5. The molecule has 7 rings (SSSR count). The standard InChI is InChI=1S/C50H65N3O8/c1-61-46-26-36-10-12-47(59)50(17-13-32(22-48(50)60)21-35(16-20-54)39-23-38-9-11-40(55)28-42(38)53-30-39)18-14-37(41(36)29-45(46)58)25-44(57)43(56)24-33(34-15-19-52-49(51)27-34)8-7-31-5-3-2-4-6-31/h2-8,15,26-27,29,32-33,35,37-39,42-44,48,52-54,56-58,60H,9-13,16-17,19-25,28,30,51H2,1H3. The molecule has 2 aromatic rings. The number of aliphatic hydroxyl groups excluding tert-OH is 4. The zero-order chi connectivity index (χ0) is 43.1. The molecule has 0 radical (unpaired) electrons. The van der Waals surface area contributed by atoms with E-state index in [0.29, 0.717) is 80.5 Å². The topological polar surface area (TPSA) is 195 Å². The number of ether oxygens (including phenoxy) is 1. The summed E-state index contributed by atoms with van der Waals surface area (Å²) < 4.78 is 5.46. The summed E-state index contributed by atoms with van der Waals surface area (Å²) in [5.41, 5.74) is 8.19. The van der Waals surface area contributed by atoms with Crippen LogP contribution in [0.2, 0.25) is 0 Å². The van der Waals surface area contributed by atoms with Crippen LogP contribution in [0.3, 0.4) is 0 Å². The number of piperidine rings is 1. The second-order valence-corrected chi connectivity index (χ2v) is 18.3. The summed E-state index contributed by atoms with van der Waals surface area (Å²) in [6.45, 7) is 1.45. The number of phenols is 1. The molecule has 1 saturated heterocycles. The minimum absolute atomic E-state index is 0.0257. The monoisotopic (exact) mass is 835 g/mol. The molecule has 2 heterocycles. The third kappa shape index (κ3) is 10.6. The number of nitrogens with two attached hydrogens (primary N) is 1. The first-order valence-electron chi connectivity index (χ1n) is 22.5. The van der Waals surface area contributed by atoms with E-state index in [2.05, 4.69) is 22.5 Å². The lowest BCUT2D eigenvalue weighted by molar-refractivity contribution is -0.134. The van der Waals surface area contributed by atoms with Crippen molar-refractivity contribution in [1.29, 1.82) is 0 Å². The highest BCUT2D eigenvalue weighted by molar-refractivity contribution is 5.89. The fourth-order valence-electron chi connectivity index (χ4n) is 10.9. The summed E-state index contributed by atoms with van der Waals surface area (Å²) in [7, 11) is 1.47. The molecule has 61 heavy (non-hydrogen) atoms. The maximum Gasteiger partial charge on any atom is 0.160 e. The Morgan fingerprint density at radius 3 is 2.62 bits per heavy atom. The van der Waals surface area contributed by atoms with E-state index in [1.54, 1.807) is 12.1 Å². The number of hydrogen-bond donors (Lipinski definition) is 8. The highest BCUT2D eigenvalue weighted by Crippen LogP contribution is 2.47. The molecule has 2 aliphatic heterocycles. The summed E-state index contributed by atoms with van der Waals surface area (Å²) >= 11 is 0. The second-order valence-electron chi connectivity index (χ2n) is 18.3. The van der Waals surface area contributed by atoms with Crippen molar-refractivity contribution in [2.45, 2.75) is 114 Å². The molecule has 328 valence electrons. The molecule has 11 nitrogen and oxygen atoms in total. The van der Waals surface area contributed by atoms with Gasteiger partial charge in [-0.2, -0.15) is 0 Å². The number of rotatable bonds is 14. The maximum absolute atomic E-state index is 14.3. The molecule has 2 aromatic carbocycles. The Bertz CT molecular complexity index is 2020. The highest BCUT2D eigenvalue weighted by atomic mass is 16.5.